The van der Waals surface area contributed by atoms with Crippen molar-refractivity contribution < 1.29 is 17.6 Å². The Hall–Kier alpha value is -2.78. The fraction of sp³-hybridized carbons (Fsp3) is 0.333. The summed E-state index contributed by atoms with van der Waals surface area (Å²) in [6.07, 6.45) is 2.93. The van der Waals surface area contributed by atoms with Gasteiger partial charge in [-0.1, -0.05) is 6.07 Å². The Kier molecular flexibility index (Phi) is 4.41. The van der Waals surface area contributed by atoms with Crippen molar-refractivity contribution in [3.8, 4) is 0 Å². The SMILES string of the molecule is Cn1c(C2CC2)nc2cc(CNS(=O)(=O)c3cc4c(cc3F)NC(=O)CC4)ccc21. The second-order valence-corrected chi connectivity index (χ2v) is 9.67. The first-order valence-corrected chi connectivity index (χ1v) is 11.4. The van der Waals surface area contributed by atoms with E-state index >= 15 is 0 Å². The predicted molar refractivity (Wildman–Crippen MR) is 110 cm³/mol. The zero-order valence-electron chi connectivity index (χ0n) is 16.4. The molecule has 2 aliphatic rings. The zero-order chi connectivity index (χ0) is 21.0. The maximum atomic E-state index is 14.5. The molecule has 0 radical (unpaired) electrons. The fourth-order valence-corrected chi connectivity index (χ4v) is 5.05. The number of imidazole rings is 1. The predicted octanol–water partition coefficient (Wildman–Crippen LogP) is 2.95. The van der Waals surface area contributed by atoms with Crippen molar-refractivity contribution in [2.45, 2.75) is 43.0 Å². The van der Waals surface area contributed by atoms with Crippen LogP contribution < -0.4 is 10.0 Å². The highest BCUT2D eigenvalue weighted by atomic mass is 32.2. The van der Waals surface area contributed by atoms with Crippen LogP contribution in [0.25, 0.3) is 11.0 Å². The molecule has 0 unspecified atom stereocenters. The molecule has 1 saturated carbocycles. The second-order valence-electron chi connectivity index (χ2n) is 7.94. The van der Waals surface area contributed by atoms with Gasteiger partial charge in [-0.2, -0.15) is 0 Å². The van der Waals surface area contributed by atoms with Gasteiger partial charge in [0.15, 0.2) is 0 Å². The van der Waals surface area contributed by atoms with Crippen molar-refractivity contribution in [2.24, 2.45) is 7.05 Å². The van der Waals surface area contributed by atoms with Crippen molar-refractivity contribution in [1.82, 2.24) is 14.3 Å². The molecule has 1 aromatic heterocycles. The van der Waals surface area contributed by atoms with E-state index in [1.54, 1.807) is 0 Å². The van der Waals surface area contributed by atoms with E-state index in [0.717, 1.165) is 41.3 Å². The number of aromatic nitrogens is 2. The molecule has 2 aromatic carbocycles. The van der Waals surface area contributed by atoms with Crippen LogP contribution in [0.1, 0.15) is 42.1 Å². The Morgan fingerprint density at radius 1 is 1.23 bits per heavy atom. The first-order chi connectivity index (χ1) is 14.3. The van der Waals surface area contributed by atoms with E-state index in [9.17, 15) is 17.6 Å². The van der Waals surface area contributed by atoms with Crippen molar-refractivity contribution >= 4 is 32.7 Å². The van der Waals surface area contributed by atoms with E-state index < -0.39 is 20.7 Å². The van der Waals surface area contributed by atoms with Gasteiger partial charge in [0.25, 0.3) is 0 Å². The third-order valence-corrected chi connectivity index (χ3v) is 7.15. The van der Waals surface area contributed by atoms with E-state index in [4.69, 9.17) is 4.98 Å². The van der Waals surface area contributed by atoms with Crippen LogP contribution in [0.2, 0.25) is 0 Å². The van der Waals surface area contributed by atoms with E-state index in [0.29, 0.717) is 23.6 Å². The van der Waals surface area contributed by atoms with Crippen LogP contribution >= 0.6 is 0 Å². The number of hydrogen-bond donors (Lipinski definition) is 2. The number of rotatable bonds is 5. The number of halogens is 1. The molecule has 9 heteroatoms. The van der Waals surface area contributed by atoms with Gasteiger partial charge in [-0.25, -0.2) is 22.5 Å². The van der Waals surface area contributed by atoms with Gasteiger partial charge in [0.2, 0.25) is 15.9 Å². The summed E-state index contributed by atoms with van der Waals surface area (Å²) in [7, 11) is -2.07. The Morgan fingerprint density at radius 2 is 2.03 bits per heavy atom. The van der Waals surface area contributed by atoms with Gasteiger partial charge in [0.1, 0.15) is 16.5 Å². The number of amides is 1. The Balaban J connectivity index is 1.38. The molecule has 0 saturated heterocycles. The van der Waals surface area contributed by atoms with Gasteiger partial charge in [-0.3, -0.25) is 4.79 Å². The summed E-state index contributed by atoms with van der Waals surface area (Å²) >= 11 is 0. The van der Waals surface area contributed by atoms with Crippen LogP contribution in [0.3, 0.4) is 0 Å². The molecule has 1 fully saturated rings. The van der Waals surface area contributed by atoms with Crippen molar-refractivity contribution in [3.05, 3.63) is 53.1 Å². The summed E-state index contributed by atoms with van der Waals surface area (Å²) in [4.78, 5) is 15.8. The first-order valence-electron chi connectivity index (χ1n) is 9.89. The molecule has 0 atom stereocenters. The van der Waals surface area contributed by atoms with E-state index in [1.165, 1.54) is 6.07 Å². The minimum Gasteiger partial charge on any atom is -0.331 e. The van der Waals surface area contributed by atoms with Gasteiger partial charge in [-0.15, -0.1) is 0 Å². The van der Waals surface area contributed by atoms with Gasteiger partial charge in [0, 0.05) is 31.6 Å². The summed E-state index contributed by atoms with van der Waals surface area (Å²) in [5.41, 5.74) is 3.52. The van der Waals surface area contributed by atoms with Crippen molar-refractivity contribution in [3.63, 3.8) is 0 Å². The lowest BCUT2D eigenvalue weighted by Crippen LogP contribution is -2.25. The summed E-state index contributed by atoms with van der Waals surface area (Å²) in [5.74, 6) is 0.482. The highest BCUT2D eigenvalue weighted by molar-refractivity contribution is 7.89. The van der Waals surface area contributed by atoms with Crippen molar-refractivity contribution in [1.29, 1.82) is 0 Å². The molecule has 30 heavy (non-hydrogen) atoms. The summed E-state index contributed by atoms with van der Waals surface area (Å²) in [6, 6.07) is 8.01. The second kappa shape index (κ2) is 6.88. The monoisotopic (exact) mass is 428 g/mol. The summed E-state index contributed by atoms with van der Waals surface area (Å²) in [5, 5.41) is 2.57. The molecule has 2 N–H and O–H groups in total. The highest BCUT2D eigenvalue weighted by Gasteiger charge is 2.29. The van der Waals surface area contributed by atoms with Crippen LogP contribution in [0, 0.1) is 5.82 Å². The molecule has 0 spiro atoms. The number of carbonyl (C=O) groups is 1. The Labute approximate surface area is 173 Å². The number of fused-ring (bicyclic) bond motifs is 2. The van der Waals surface area contributed by atoms with Gasteiger partial charge < -0.3 is 9.88 Å². The standard InChI is InChI=1S/C21H21FN4O3S/c1-26-18-6-2-12(8-17(18)25-21(26)13-3-4-13)11-23-30(28,29)19-9-14-5-7-20(27)24-16(14)10-15(19)22/h2,6,8-10,13,23H,3-5,7,11H2,1H3,(H,24,27). The molecule has 3 aromatic rings. The van der Waals surface area contributed by atoms with E-state index in [1.807, 2.05) is 25.2 Å². The maximum Gasteiger partial charge on any atom is 0.243 e. The number of carbonyl (C=O) groups excluding carboxylic acids is 1. The van der Waals surface area contributed by atoms with E-state index in [2.05, 4.69) is 14.6 Å². The van der Waals surface area contributed by atoms with Crippen LogP contribution in [-0.2, 0) is 34.8 Å². The number of hydrogen-bond acceptors (Lipinski definition) is 4. The number of anilines is 1. The summed E-state index contributed by atoms with van der Waals surface area (Å²) in [6.45, 7) is 0.0286. The summed E-state index contributed by atoms with van der Waals surface area (Å²) < 4.78 is 44.5. The number of benzene rings is 2. The third-order valence-electron chi connectivity index (χ3n) is 5.73. The third kappa shape index (κ3) is 3.37. The molecule has 1 amide bonds. The van der Waals surface area contributed by atoms with Gasteiger partial charge >= 0.3 is 0 Å². The highest BCUT2D eigenvalue weighted by Crippen LogP contribution is 2.40. The van der Waals surface area contributed by atoms with Crippen LogP contribution in [-0.4, -0.2) is 23.9 Å². The van der Waals surface area contributed by atoms with E-state index in [-0.39, 0.29) is 18.9 Å². The number of nitrogens with one attached hydrogen (secondary N) is 2. The average molecular weight is 428 g/mol. The molecular formula is C21H21FN4O3S. The molecule has 1 aliphatic heterocycles. The molecule has 0 bridgehead atoms. The lowest BCUT2D eigenvalue weighted by molar-refractivity contribution is -0.116. The zero-order valence-corrected chi connectivity index (χ0v) is 17.2. The number of aryl methyl sites for hydroxylation is 2. The normalized spacial score (nSPS) is 16.5. The fourth-order valence-electron chi connectivity index (χ4n) is 3.92. The minimum absolute atomic E-state index is 0.0286. The lowest BCUT2D eigenvalue weighted by Gasteiger charge is -2.18. The molecule has 1 aliphatic carbocycles. The van der Waals surface area contributed by atoms with Gasteiger partial charge in [0.05, 0.1) is 11.0 Å². The smallest absolute Gasteiger partial charge is 0.243 e. The van der Waals surface area contributed by atoms with Crippen LogP contribution in [0.5, 0.6) is 0 Å². The lowest BCUT2D eigenvalue weighted by atomic mass is 10.0. The Bertz CT molecular complexity index is 1300. The topological polar surface area (TPSA) is 93.1 Å². The van der Waals surface area contributed by atoms with Crippen molar-refractivity contribution in [2.75, 3.05) is 5.32 Å². The number of nitrogens with zero attached hydrogens (tertiary/aromatic N) is 2. The first kappa shape index (κ1) is 19.2. The largest absolute Gasteiger partial charge is 0.331 e. The molecule has 7 nitrogen and oxygen atoms in total. The molecule has 5 rings (SSSR count). The molecule has 2 heterocycles. The molecule has 156 valence electrons. The van der Waals surface area contributed by atoms with Gasteiger partial charge in [-0.05, 0) is 54.7 Å². The maximum absolute atomic E-state index is 14.5. The van der Waals surface area contributed by atoms with Crippen LogP contribution in [0.4, 0.5) is 10.1 Å². The molecular weight excluding hydrogens is 407 g/mol. The quantitative estimate of drug-likeness (QED) is 0.654. The number of sulfonamides is 1. The Morgan fingerprint density at radius 3 is 2.80 bits per heavy atom. The van der Waals surface area contributed by atoms with Crippen LogP contribution in [0.15, 0.2) is 35.2 Å². The average Bonchev–Trinajstić information content (AvgIpc) is 3.50. The minimum atomic E-state index is -4.06.